The van der Waals surface area contributed by atoms with E-state index in [4.69, 9.17) is 22.1 Å². The number of rotatable bonds is 6. The lowest BCUT2D eigenvalue weighted by atomic mass is 9.94. The first-order chi connectivity index (χ1) is 19.1. The minimum atomic E-state index is -0.409. The predicted octanol–water partition coefficient (Wildman–Crippen LogP) is 2.62. The number of ether oxygens (including phenoxy) is 1. The minimum Gasteiger partial charge on any atom is -0.496 e. The average Bonchev–Trinajstić information content (AvgIpc) is 3.48. The number of nitrogens with two attached hydrogens (primary N) is 2. The molecule has 4 N–H and O–H groups in total. The van der Waals surface area contributed by atoms with Gasteiger partial charge < -0.3 is 19.9 Å². The highest BCUT2D eigenvalue weighted by Crippen LogP contribution is 2.43. The molecule has 0 saturated heterocycles. The first-order valence-electron chi connectivity index (χ1n) is 12.4. The molecule has 12 heteroatoms. The standard InChI is InChI=1S/C28H27ClN8O3/c1-14-20(29)8-18(25(40-5)22(14)16-6-7-21(31-9-16)28(39)36(3)4)15(2)37-12-19(17-10-34-35-11-17)24(38)23-26(30)32-13-33-27(23)37/h6-13,15H,1-5H3,(H,34,35)(H2,30,32,33)/p+1. The second-order valence-corrected chi connectivity index (χ2v) is 9.98. The van der Waals surface area contributed by atoms with E-state index in [2.05, 4.69) is 20.1 Å². The maximum Gasteiger partial charge on any atom is 0.271 e. The highest BCUT2D eigenvalue weighted by molar-refractivity contribution is 6.32. The van der Waals surface area contributed by atoms with Gasteiger partial charge in [0.15, 0.2) is 0 Å². The molecule has 0 fully saturated rings. The van der Waals surface area contributed by atoms with Gasteiger partial charge in [-0.25, -0.2) is 9.97 Å². The molecule has 40 heavy (non-hydrogen) atoms. The number of nitrogens with zero attached hydrogens (tertiary/aromatic N) is 6. The summed E-state index contributed by atoms with van der Waals surface area (Å²) in [6.45, 7) is 3.86. The Morgan fingerprint density at radius 1 is 1.23 bits per heavy atom. The van der Waals surface area contributed by atoms with Crippen molar-refractivity contribution in [3.8, 4) is 16.9 Å². The molecule has 0 aliphatic carbocycles. The lowest BCUT2D eigenvalue weighted by molar-refractivity contribution is -0.589. The number of amides is 1. The van der Waals surface area contributed by atoms with Crippen LogP contribution in [0.4, 0.5) is 5.82 Å². The molecule has 11 nitrogen and oxygen atoms in total. The summed E-state index contributed by atoms with van der Waals surface area (Å²) in [4.78, 5) is 40.2. The number of halogens is 1. The van der Waals surface area contributed by atoms with Crippen LogP contribution in [0.2, 0.25) is 5.02 Å². The van der Waals surface area contributed by atoms with E-state index in [-0.39, 0.29) is 22.5 Å². The molecule has 204 valence electrons. The Bertz CT molecular complexity index is 1780. The van der Waals surface area contributed by atoms with Crippen molar-refractivity contribution in [2.24, 2.45) is 5.10 Å². The Kier molecular flexibility index (Phi) is 7.09. The van der Waals surface area contributed by atoms with Crippen LogP contribution >= 0.6 is 11.6 Å². The first kappa shape index (κ1) is 27.0. The van der Waals surface area contributed by atoms with Crippen LogP contribution in [-0.4, -0.2) is 57.7 Å². The van der Waals surface area contributed by atoms with Crippen molar-refractivity contribution in [2.45, 2.75) is 19.9 Å². The first-order valence-corrected chi connectivity index (χ1v) is 12.8. The number of carbonyl (C=O) groups is 1. The Morgan fingerprint density at radius 3 is 2.62 bits per heavy atom. The van der Waals surface area contributed by atoms with Gasteiger partial charge in [0, 0.05) is 48.2 Å². The lowest BCUT2D eigenvalue weighted by Gasteiger charge is -2.25. The summed E-state index contributed by atoms with van der Waals surface area (Å²) < 4.78 is 7.85. The summed E-state index contributed by atoms with van der Waals surface area (Å²) in [5, 5.41) is 4.86. The molecular formula is C28H28ClN8O3+. The number of anilines is 1. The zero-order valence-corrected chi connectivity index (χ0v) is 23.4. The number of pyridine rings is 2. The monoisotopic (exact) mass is 559 g/mol. The van der Waals surface area contributed by atoms with Crippen LogP contribution in [-0.2, 0) is 0 Å². The van der Waals surface area contributed by atoms with Crippen LogP contribution in [0.15, 0.2) is 53.0 Å². The Hall–Kier alpha value is -4.61. The molecule has 1 aliphatic heterocycles. The fourth-order valence-corrected chi connectivity index (χ4v) is 5.03. The van der Waals surface area contributed by atoms with Gasteiger partial charge in [-0.05, 0) is 31.5 Å². The van der Waals surface area contributed by atoms with Gasteiger partial charge in [-0.1, -0.05) is 22.8 Å². The molecule has 1 amide bonds. The molecular weight excluding hydrogens is 532 g/mol. The van der Waals surface area contributed by atoms with Gasteiger partial charge >= 0.3 is 0 Å². The summed E-state index contributed by atoms with van der Waals surface area (Å²) in [6.07, 6.45) is 8.09. The average molecular weight is 560 g/mol. The smallest absolute Gasteiger partial charge is 0.271 e. The second-order valence-electron chi connectivity index (χ2n) is 9.57. The van der Waals surface area contributed by atoms with Gasteiger partial charge in [0.25, 0.3) is 5.91 Å². The van der Waals surface area contributed by atoms with Crippen LogP contribution in [0.5, 0.6) is 5.75 Å². The molecule has 1 unspecified atom stereocenters. The molecule has 1 atom stereocenters. The highest BCUT2D eigenvalue weighted by Gasteiger charge is 2.26. The van der Waals surface area contributed by atoms with Crippen LogP contribution in [0.3, 0.4) is 0 Å². The molecule has 0 bridgehead atoms. The van der Waals surface area contributed by atoms with E-state index in [1.165, 1.54) is 11.2 Å². The van der Waals surface area contributed by atoms with Crippen LogP contribution < -0.4 is 21.3 Å². The molecule has 5 rings (SSSR count). The topological polar surface area (TPSA) is 145 Å². The van der Waals surface area contributed by atoms with Crippen molar-refractivity contribution in [2.75, 3.05) is 26.9 Å². The minimum absolute atomic E-state index is 0.0883. The van der Waals surface area contributed by atoms with Gasteiger partial charge in [-0.2, -0.15) is 5.43 Å². The van der Waals surface area contributed by atoms with Gasteiger partial charge in [0.05, 0.1) is 30.5 Å². The van der Waals surface area contributed by atoms with E-state index in [1.54, 1.807) is 57.5 Å². The van der Waals surface area contributed by atoms with Crippen LogP contribution in [0.1, 0.15) is 40.1 Å². The van der Waals surface area contributed by atoms with Gasteiger partial charge in [0.2, 0.25) is 5.43 Å². The van der Waals surface area contributed by atoms with E-state index in [0.29, 0.717) is 33.2 Å². The number of hydrogen-bond donors (Lipinski definition) is 2. The van der Waals surface area contributed by atoms with E-state index in [1.807, 2.05) is 30.5 Å². The molecule has 4 heterocycles. The predicted molar refractivity (Wildman–Crippen MR) is 154 cm³/mol. The number of benzene rings is 1. The number of aromatic nitrogens is 4. The quantitative estimate of drug-likeness (QED) is 0.345. The molecule has 0 spiro atoms. The number of carbonyl (C=O) groups excluding carboxylic acids is 1. The van der Waals surface area contributed by atoms with Crippen molar-refractivity contribution in [1.82, 2.24) is 24.4 Å². The zero-order chi connectivity index (χ0) is 28.7. The SMILES string of the molecule is COc1c(C(C)n2cc(C3=C[NH2+]N=C3)c(=O)c3c(N)ncnc32)cc(Cl)c(C)c1-c1ccc(C(=O)N(C)C)nc1. The van der Waals surface area contributed by atoms with E-state index < -0.39 is 6.04 Å². The van der Waals surface area contributed by atoms with Crippen LogP contribution in [0, 0.1) is 6.92 Å². The number of quaternary nitrogens is 1. The van der Waals surface area contributed by atoms with Crippen molar-refractivity contribution < 1.29 is 15.0 Å². The number of nitrogen functional groups attached to an aromatic ring is 1. The molecule has 0 radical (unpaired) electrons. The largest absolute Gasteiger partial charge is 0.496 e. The summed E-state index contributed by atoms with van der Waals surface area (Å²) in [5.74, 6) is 0.469. The Balaban J connectivity index is 1.73. The number of fused-ring (bicyclic) bond motifs is 1. The van der Waals surface area contributed by atoms with E-state index in [9.17, 15) is 9.59 Å². The van der Waals surface area contributed by atoms with Crippen molar-refractivity contribution >= 4 is 46.1 Å². The Labute approximate surface area is 235 Å². The van der Waals surface area contributed by atoms with Gasteiger partial charge in [-0.3, -0.25) is 14.6 Å². The summed E-state index contributed by atoms with van der Waals surface area (Å²) in [6, 6.07) is 4.94. The zero-order valence-electron chi connectivity index (χ0n) is 22.6. The van der Waals surface area contributed by atoms with E-state index in [0.717, 1.165) is 22.3 Å². The second kappa shape index (κ2) is 10.5. The van der Waals surface area contributed by atoms with E-state index >= 15 is 0 Å². The van der Waals surface area contributed by atoms with Gasteiger partial charge in [0.1, 0.15) is 40.8 Å². The summed E-state index contributed by atoms with van der Waals surface area (Å²) in [5.41, 5.74) is 12.3. The normalized spacial score (nSPS) is 13.4. The molecule has 1 aliphatic rings. The highest BCUT2D eigenvalue weighted by atomic mass is 35.5. The third-order valence-corrected chi connectivity index (χ3v) is 7.35. The third-order valence-electron chi connectivity index (χ3n) is 6.96. The lowest BCUT2D eigenvalue weighted by Crippen LogP contribution is -2.69. The number of allylic oxidation sites excluding steroid dienone is 1. The molecule has 4 aromatic rings. The maximum atomic E-state index is 13.5. The van der Waals surface area contributed by atoms with Crippen molar-refractivity contribution in [3.05, 3.63) is 80.8 Å². The molecule has 1 aromatic carbocycles. The van der Waals surface area contributed by atoms with Gasteiger partial charge in [-0.15, -0.1) is 0 Å². The third kappa shape index (κ3) is 4.48. The van der Waals surface area contributed by atoms with Crippen molar-refractivity contribution in [3.63, 3.8) is 0 Å². The molecule has 3 aromatic heterocycles. The van der Waals surface area contributed by atoms with Crippen molar-refractivity contribution in [1.29, 1.82) is 0 Å². The Morgan fingerprint density at radius 2 is 2.00 bits per heavy atom. The maximum absolute atomic E-state index is 13.5. The van der Waals surface area contributed by atoms with Crippen LogP contribution in [0.25, 0.3) is 27.7 Å². The fraction of sp³-hybridized carbons (Fsp3) is 0.214. The fourth-order valence-electron chi connectivity index (χ4n) is 4.82. The number of methoxy groups -OCH3 is 1. The number of hydrogen-bond acceptors (Lipinski definition) is 8. The summed E-state index contributed by atoms with van der Waals surface area (Å²) >= 11 is 6.78. The summed E-state index contributed by atoms with van der Waals surface area (Å²) in [7, 11) is 4.94. The molecule has 0 saturated carbocycles.